The fourth-order valence-corrected chi connectivity index (χ4v) is 3.40. The van der Waals surface area contributed by atoms with Gasteiger partial charge in [-0.2, -0.15) is 0 Å². The predicted octanol–water partition coefficient (Wildman–Crippen LogP) is 4.52. The minimum absolute atomic E-state index is 0.0506. The molecular weight excluding hydrogens is 368 g/mol. The Bertz CT molecular complexity index is 718. The van der Waals surface area contributed by atoms with Gasteiger partial charge in [0.05, 0.1) is 12.6 Å². The molecule has 0 spiro atoms. The predicted molar refractivity (Wildman–Crippen MR) is 96.9 cm³/mol. The summed E-state index contributed by atoms with van der Waals surface area (Å²) in [6, 6.07) is 5.45. The first-order chi connectivity index (χ1) is 11.9. The van der Waals surface area contributed by atoms with Crippen LogP contribution in [0.25, 0.3) is 0 Å². The standard InChI is InChI=1S/C17H20ClF2N3OS/c1-10(2)6-12(8-24)21-17-22-14(18)7-15(23-17)25-9-11-4-3-5-13(19)16(11)20/h3-5,7,10,12,24H,6,8-9H2,1-2H3,(H,21,22,23)/t12-/m1/s1. The highest BCUT2D eigenvalue weighted by Crippen LogP contribution is 2.26. The third-order valence-electron chi connectivity index (χ3n) is 3.39. The largest absolute Gasteiger partial charge is 0.394 e. The normalized spacial score (nSPS) is 12.4. The van der Waals surface area contributed by atoms with Crippen LogP contribution in [0.4, 0.5) is 14.7 Å². The lowest BCUT2D eigenvalue weighted by Gasteiger charge is -2.18. The second kappa shape index (κ2) is 9.31. The molecule has 0 aliphatic heterocycles. The maximum Gasteiger partial charge on any atom is 0.225 e. The van der Waals surface area contributed by atoms with Crippen molar-refractivity contribution in [1.82, 2.24) is 9.97 Å². The Labute approximate surface area is 155 Å². The molecule has 0 fully saturated rings. The molecular formula is C17H20ClF2N3OS. The van der Waals surface area contributed by atoms with Gasteiger partial charge in [0.15, 0.2) is 11.6 Å². The number of nitrogens with one attached hydrogen (secondary N) is 1. The Morgan fingerprint density at radius 3 is 2.72 bits per heavy atom. The van der Waals surface area contributed by atoms with E-state index in [9.17, 15) is 13.9 Å². The summed E-state index contributed by atoms with van der Waals surface area (Å²) < 4.78 is 27.0. The Morgan fingerprint density at radius 2 is 2.04 bits per heavy atom. The zero-order valence-corrected chi connectivity index (χ0v) is 15.5. The summed E-state index contributed by atoms with van der Waals surface area (Å²) in [5.41, 5.74) is 0.252. The molecule has 25 heavy (non-hydrogen) atoms. The van der Waals surface area contributed by atoms with Crippen LogP contribution in [0, 0.1) is 17.6 Å². The summed E-state index contributed by atoms with van der Waals surface area (Å²) in [4.78, 5) is 8.43. The second-order valence-electron chi connectivity index (χ2n) is 6.01. The Balaban J connectivity index is 2.09. The molecule has 0 saturated carbocycles. The summed E-state index contributed by atoms with van der Waals surface area (Å²) in [7, 11) is 0. The van der Waals surface area contributed by atoms with Gasteiger partial charge in [0.2, 0.25) is 5.95 Å². The fraction of sp³-hybridized carbons (Fsp3) is 0.412. The lowest BCUT2D eigenvalue weighted by molar-refractivity contribution is 0.259. The van der Waals surface area contributed by atoms with E-state index in [-0.39, 0.29) is 29.1 Å². The molecule has 0 unspecified atom stereocenters. The Kier molecular flexibility index (Phi) is 7.40. The van der Waals surface area contributed by atoms with Crippen molar-refractivity contribution in [1.29, 1.82) is 0 Å². The van der Waals surface area contributed by atoms with Crippen LogP contribution in [0.15, 0.2) is 29.3 Å². The highest BCUT2D eigenvalue weighted by atomic mass is 35.5. The maximum absolute atomic E-state index is 13.7. The van der Waals surface area contributed by atoms with E-state index >= 15 is 0 Å². The lowest BCUT2D eigenvalue weighted by atomic mass is 10.0. The van der Waals surface area contributed by atoms with Crippen LogP contribution in [-0.2, 0) is 5.75 Å². The third kappa shape index (κ3) is 6.09. The van der Waals surface area contributed by atoms with Crippen molar-refractivity contribution >= 4 is 29.3 Å². The minimum atomic E-state index is -0.874. The number of aliphatic hydroxyl groups is 1. The van der Waals surface area contributed by atoms with Crippen molar-refractivity contribution < 1.29 is 13.9 Å². The van der Waals surface area contributed by atoms with Crippen LogP contribution in [0.1, 0.15) is 25.8 Å². The van der Waals surface area contributed by atoms with E-state index in [1.807, 2.05) is 0 Å². The molecule has 2 aromatic rings. The number of benzene rings is 1. The van der Waals surface area contributed by atoms with Gasteiger partial charge in [-0.3, -0.25) is 0 Å². The SMILES string of the molecule is CC(C)C[C@H](CO)Nc1nc(Cl)cc(SCc2cccc(F)c2F)n1. The van der Waals surface area contributed by atoms with Crippen molar-refractivity contribution in [2.75, 3.05) is 11.9 Å². The number of aromatic nitrogens is 2. The number of halogens is 3. The first kappa shape index (κ1) is 19.9. The van der Waals surface area contributed by atoms with Gasteiger partial charge in [-0.15, -0.1) is 11.8 Å². The van der Waals surface area contributed by atoms with E-state index in [2.05, 4.69) is 29.1 Å². The first-order valence-corrected chi connectivity index (χ1v) is 9.23. The number of nitrogens with zero attached hydrogens (tertiary/aromatic N) is 2. The van der Waals surface area contributed by atoms with Crippen molar-refractivity contribution in [3.05, 3.63) is 46.6 Å². The molecule has 0 aliphatic carbocycles. The molecule has 1 atom stereocenters. The van der Waals surface area contributed by atoms with E-state index in [4.69, 9.17) is 11.6 Å². The van der Waals surface area contributed by atoms with Crippen molar-refractivity contribution in [3.8, 4) is 0 Å². The van der Waals surface area contributed by atoms with Gasteiger partial charge >= 0.3 is 0 Å². The van der Waals surface area contributed by atoms with Crippen LogP contribution >= 0.6 is 23.4 Å². The van der Waals surface area contributed by atoms with Gasteiger partial charge in [0.1, 0.15) is 10.2 Å². The van der Waals surface area contributed by atoms with Gasteiger partial charge in [0, 0.05) is 17.4 Å². The number of hydrogen-bond acceptors (Lipinski definition) is 5. The van der Waals surface area contributed by atoms with Gasteiger partial charge in [0.25, 0.3) is 0 Å². The van der Waals surface area contributed by atoms with E-state index in [1.54, 1.807) is 6.07 Å². The molecule has 0 radical (unpaired) electrons. The van der Waals surface area contributed by atoms with E-state index in [0.29, 0.717) is 16.9 Å². The van der Waals surface area contributed by atoms with Crippen molar-refractivity contribution in [2.45, 2.75) is 37.1 Å². The van der Waals surface area contributed by atoms with Crippen molar-refractivity contribution in [2.24, 2.45) is 5.92 Å². The molecule has 2 rings (SSSR count). The number of thioether (sulfide) groups is 1. The average molecular weight is 388 g/mol. The molecule has 136 valence electrons. The molecule has 2 N–H and O–H groups in total. The summed E-state index contributed by atoms with van der Waals surface area (Å²) in [5.74, 6) is -0.819. The first-order valence-electron chi connectivity index (χ1n) is 7.86. The molecule has 0 aliphatic rings. The number of rotatable bonds is 8. The molecule has 0 amide bonds. The zero-order valence-electron chi connectivity index (χ0n) is 14.0. The molecule has 0 saturated heterocycles. The van der Waals surface area contributed by atoms with E-state index < -0.39 is 11.6 Å². The van der Waals surface area contributed by atoms with Gasteiger partial charge < -0.3 is 10.4 Å². The highest BCUT2D eigenvalue weighted by molar-refractivity contribution is 7.98. The van der Waals surface area contributed by atoms with Crippen LogP contribution in [0.2, 0.25) is 5.15 Å². The number of anilines is 1. The van der Waals surface area contributed by atoms with Crippen LogP contribution in [0.3, 0.4) is 0 Å². The quantitative estimate of drug-likeness (QED) is 0.515. The Morgan fingerprint density at radius 1 is 1.28 bits per heavy atom. The monoisotopic (exact) mass is 387 g/mol. The summed E-state index contributed by atoms with van der Waals surface area (Å²) in [5, 5.41) is 13.3. The van der Waals surface area contributed by atoms with E-state index in [0.717, 1.165) is 12.5 Å². The van der Waals surface area contributed by atoms with Crippen LogP contribution in [0.5, 0.6) is 0 Å². The van der Waals surface area contributed by atoms with Gasteiger partial charge in [-0.1, -0.05) is 37.6 Å². The number of hydrogen-bond donors (Lipinski definition) is 2. The zero-order chi connectivity index (χ0) is 18.4. The van der Waals surface area contributed by atoms with Gasteiger partial charge in [-0.05, 0) is 18.4 Å². The lowest BCUT2D eigenvalue weighted by Crippen LogP contribution is -2.26. The smallest absolute Gasteiger partial charge is 0.225 e. The number of aliphatic hydroxyl groups excluding tert-OH is 1. The Hall–Kier alpha value is -1.44. The molecule has 1 aromatic carbocycles. The van der Waals surface area contributed by atoms with Crippen molar-refractivity contribution in [3.63, 3.8) is 0 Å². The van der Waals surface area contributed by atoms with E-state index in [1.165, 1.54) is 23.9 Å². The molecule has 1 aromatic heterocycles. The highest BCUT2D eigenvalue weighted by Gasteiger charge is 2.13. The molecule has 4 nitrogen and oxygen atoms in total. The molecule has 0 bridgehead atoms. The maximum atomic E-state index is 13.7. The fourth-order valence-electron chi connectivity index (χ4n) is 2.28. The summed E-state index contributed by atoms with van der Waals surface area (Å²) in [6.07, 6.45) is 0.753. The minimum Gasteiger partial charge on any atom is -0.394 e. The van der Waals surface area contributed by atoms with Crippen LogP contribution < -0.4 is 5.32 Å². The average Bonchev–Trinajstić information content (AvgIpc) is 2.54. The second-order valence-corrected chi connectivity index (χ2v) is 7.39. The van der Waals surface area contributed by atoms with Gasteiger partial charge in [-0.25, -0.2) is 18.7 Å². The molecule has 8 heteroatoms. The third-order valence-corrected chi connectivity index (χ3v) is 4.54. The molecule has 1 heterocycles. The van der Waals surface area contributed by atoms with Crippen LogP contribution in [-0.4, -0.2) is 27.7 Å². The summed E-state index contributed by atoms with van der Waals surface area (Å²) >= 11 is 7.25. The topological polar surface area (TPSA) is 58.0 Å². The summed E-state index contributed by atoms with van der Waals surface area (Å²) in [6.45, 7) is 4.06.